The summed E-state index contributed by atoms with van der Waals surface area (Å²) in [7, 11) is 0. The lowest BCUT2D eigenvalue weighted by atomic mass is 10.1. The Morgan fingerprint density at radius 1 is 1.15 bits per heavy atom. The van der Waals surface area contributed by atoms with Gasteiger partial charge >= 0.3 is 6.03 Å². The van der Waals surface area contributed by atoms with Crippen LogP contribution in [-0.4, -0.2) is 42.5 Å². The molecule has 26 heavy (non-hydrogen) atoms. The van der Waals surface area contributed by atoms with E-state index in [1.165, 1.54) is 6.07 Å². The number of primary amides is 1. The van der Waals surface area contributed by atoms with E-state index in [2.05, 4.69) is 5.32 Å². The second kappa shape index (κ2) is 7.43. The lowest BCUT2D eigenvalue weighted by molar-refractivity contribution is 0.0674. The largest absolute Gasteiger partial charge is 0.365 e. The third-order valence-electron chi connectivity index (χ3n) is 4.46. The van der Waals surface area contributed by atoms with Gasteiger partial charge in [-0.25, -0.2) is 9.18 Å². The number of anilines is 2. The van der Waals surface area contributed by atoms with Gasteiger partial charge in [0.2, 0.25) is 0 Å². The van der Waals surface area contributed by atoms with Gasteiger partial charge in [-0.05, 0) is 37.3 Å². The number of rotatable bonds is 3. The van der Waals surface area contributed by atoms with E-state index < -0.39 is 6.03 Å². The summed E-state index contributed by atoms with van der Waals surface area (Å²) < 4.78 is 14.0. The van der Waals surface area contributed by atoms with Crippen molar-refractivity contribution in [1.82, 2.24) is 4.90 Å². The van der Waals surface area contributed by atoms with Crippen molar-refractivity contribution in [2.45, 2.75) is 13.0 Å². The molecule has 1 heterocycles. The van der Waals surface area contributed by atoms with Gasteiger partial charge in [-0.1, -0.05) is 18.2 Å². The quantitative estimate of drug-likeness (QED) is 0.887. The molecule has 2 aromatic rings. The summed E-state index contributed by atoms with van der Waals surface area (Å²) in [6, 6.07) is 12.6. The molecule has 1 aliphatic heterocycles. The number of nitrogens with zero attached hydrogens (tertiary/aromatic N) is 2. The van der Waals surface area contributed by atoms with Gasteiger partial charge in [0, 0.05) is 36.9 Å². The van der Waals surface area contributed by atoms with Gasteiger partial charge in [-0.15, -0.1) is 0 Å². The third kappa shape index (κ3) is 3.77. The minimum atomic E-state index is -0.679. The number of piperazine rings is 1. The molecule has 0 saturated carbocycles. The maximum absolute atomic E-state index is 14.0. The molecular formula is C19H21FN4O2. The van der Waals surface area contributed by atoms with Crippen molar-refractivity contribution >= 4 is 23.3 Å². The van der Waals surface area contributed by atoms with Gasteiger partial charge < -0.3 is 20.9 Å². The molecule has 3 rings (SSSR count). The Bertz CT molecular complexity index is 827. The van der Waals surface area contributed by atoms with Crippen LogP contribution in [0.2, 0.25) is 0 Å². The molecule has 1 aliphatic rings. The summed E-state index contributed by atoms with van der Waals surface area (Å²) in [6.45, 7) is 3.53. The number of nitrogens with one attached hydrogen (secondary N) is 1. The van der Waals surface area contributed by atoms with E-state index in [-0.39, 0.29) is 17.8 Å². The Hall–Kier alpha value is -3.09. The predicted molar refractivity (Wildman–Crippen MR) is 98.8 cm³/mol. The Kier molecular flexibility index (Phi) is 5.06. The average Bonchev–Trinajstić information content (AvgIpc) is 2.61. The van der Waals surface area contributed by atoms with Crippen molar-refractivity contribution < 1.29 is 14.0 Å². The van der Waals surface area contributed by atoms with Crippen molar-refractivity contribution in [3.8, 4) is 0 Å². The Morgan fingerprint density at radius 2 is 1.92 bits per heavy atom. The Labute approximate surface area is 151 Å². The summed E-state index contributed by atoms with van der Waals surface area (Å²) in [5, 5.41) is 2.47. The third-order valence-corrected chi connectivity index (χ3v) is 4.46. The number of amides is 3. The van der Waals surface area contributed by atoms with Gasteiger partial charge in [0.25, 0.3) is 5.91 Å². The molecule has 0 aliphatic carbocycles. The van der Waals surface area contributed by atoms with Crippen LogP contribution in [0.5, 0.6) is 0 Å². The topological polar surface area (TPSA) is 78.7 Å². The minimum absolute atomic E-state index is 0.0800. The zero-order chi connectivity index (χ0) is 18.7. The first-order valence-electron chi connectivity index (χ1n) is 8.42. The number of halogens is 1. The smallest absolute Gasteiger partial charge is 0.316 e. The van der Waals surface area contributed by atoms with Gasteiger partial charge in [-0.3, -0.25) is 4.79 Å². The van der Waals surface area contributed by atoms with Crippen molar-refractivity contribution in [3.05, 3.63) is 59.9 Å². The van der Waals surface area contributed by atoms with Crippen molar-refractivity contribution in [2.24, 2.45) is 5.73 Å². The van der Waals surface area contributed by atoms with Crippen molar-refractivity contribution in [3.63, 3.8) is 0 Å². The highest BCUT2D eigenvalue weighted by Gasteiger charge is 2.29. The highest BCUT2D eigenvalue weighted by molar-refractivity contribution is 5.97. The second-order valence-corrected chi connectivity index (χ2v) is 6.32. The van der Waals surface area contributed by atoms with E-state index in [4.69, 9.17) is 5.73 Å². The van der Waals surface area contributed by atoms with Gasteiger partial charge in [-0.2, -0.15) is 0 Å². The molecule has 2 aromatic carbocycles. The first-order valence-corrected chi connectivity index (χ1v) is 8.42. The first kappa shape index (κ1) is 17.7. The fourth-order valence-electron chi connectivity index (χ4n) is 3.22. The molecule has 0 spiro atoms. The summed E-state index contributed by atoms with van der Waals surface area (Å²) in [4.78, 5) is 27.5. The first-order chi connectivity index (χ1) is 12.5. The predicted octanol–water partition coefficient (Wildman–Crippen LogP) is 2.67. The molecule has 0 bridgehead atoms. The molecule has 1 atom stereocenters. The van der Waals surface area contributed by atoms with E-state index in [1.807, 2.05) is 11.8 Å². The summed E-state index contributed by atoms with van der Waals surface area (Å²) in [5.74, 6) is -0.386. The van der Waals surface area contributed by atoms with Crippen molar-refractivity contribution in [2.75, 3.05) is 29.9 Å². The minimum Gasteiger partial charge on any atom is -0.365 e. The van der Waals surface area contributed by atoms with Crippen LogP contribution >= 0.6 is 0 Å². The normalized spacial score (nSPS) is 17.1. The molecule has 0 radical (unpaired) electrons. The highest BCUT2D eigenvalue weighted by Crippen LogP contribution is 2.23. The maximum atomic E-state index is 14.0. The lowest BCUT2D eigenvalue weighted by Crippen LogP contribution is -2.54. The van der Waals surface area contributed by atoms with Crippen LogP contribution in [0.3, 0.4) is 0 Å². The van der Waals surface area contributed by atoms with Crippen LogP contribution in [0, 0.1) is 5.82 Å². The van der Waals surface area contributed by atoms with Gasteiger partial charge in [0.15, 0.2) is 0 Å². The molecular weight excluding hydrogens is 335 g/mol. The van der Waals surface area contributed by atoms with E-state index in [0.717, 1.165) is 0 Å². The molecule has 1 saturated heterocycles. The highest BCUT2D eigenvalue weighted by atomic mass is 19.1. The molecule has 3 amide bonds. The van der Waals surface area contributed by atoms with Crippen LogP contribution in [0.15, 0.2) is 48.5 Å². The van der Waals surface area contributed by atoms with Crippen LogP contribution < -0.4 is 16.0 Å². The molecule has 1 unspecified atom stereocenters. The zero-order valence-corrected chi connectivity index (χ0v) is 14.5. The number of nitrogens with two attached hydrogens (primary N) is 1. The number of carbonyl (C=O) groups excluding carboxylic acids is 2. The molecule has 3 N–H and O–H groups in total. The molecule has 1 fully saturated rings. The summed E-state index contributed by atoms with van der Waals surface area (Å²) >= 11 is 0. The number of para-hydroxylation sites is 1. The number of hydrogen-bond acceptors (Lipinski definition) is 3. The van der Waals surface area contributed by atoms with E-state index >= 15 is 0 Å². The van der Waals surface area contributed by atoms with Crippen LogP contribution in [0.4, 0.5) is 20.6 Å². The molecule has 0 aromatic heterocycles. The Balaban J connectivity index is 1.72. The number of benzene rings is 2. The van der Waals surface area contributed by atoms with E-state index in [1.54, 1.807) is 47.4 Å². The number of hydrogen-bond donors (Lipinski definition) is 2. The number of carbonyl (C=O) groups is 2. The van der Waals surface area contributed by atoms with E-state index in [9.17, 15) is 14.0 Å². The maximum Gasteiger partial charge on any atom is 0.316 e. The number of urea groups is 1. The van der Waals surface area contributed by atoms with Crippen LogP contribution in [0.25, 0.3) is 0 Å². The lowest BCUT2D eigenvalue weighted by Gasteiger charge is -2.41. The van der Waals surface area contributed by atoms with Crippen molar-refractivity contribution in [1.29, 1.82) is 0 Å². The molecule has 7 heteroatoms. The fourth-order valence-corrected chi connectivity index (χ4v) is 3.22. The average molecular weight is 356 g/mol. The second-order valence-electron chi connectivity index (χ2n) is 6.32. The fraction of sp³-hybridized carbons (Fsp3) is 0.263. The summed E-state index contributed by atoms with van der Waals surface area (Å²) in [5.41, 5.74) is 6.62. The zero-order valence-electron chi connectivity index (χ0n) is 14.5. The van der Waals surface area contributed by atoms with Gasteiger partial charge in [0.1, 0.15) is 5.82 Å². The van der Waals surface area contributed by atoms with Crippen LogP contribution in [0.1, 0.15) is 17.3 Å². The monoisotopic (exact) mass is 356 g/mol. The van der Waals surface area contributed by atoms with Gasteiger partial charge in [0.05, 0.1) is 5.69 Å². The standard InChI is InChI=1S/C19H21FN4O2/c1-13-12-23(17-8-3-2-7-16(17)20)9-10-24(13)18(25)14-5-4-6-15(11-14)22-19(21)26/h2-8,11,13H,9-10,12H2,1H3,(H3,21,22,26). The SMILES string of the molecule is CC1CN(c2ccccc2F)CCN1C(=O)c1cccc(NC(N)=O)c1. The molecule has 6 nitrogen and oxygen atoms in total. The summed E-state index contributed by atoms with van der Waals surface area (Å²) in [6.07, 6.45) is 0. The molecule has 136 valence electrons. The Morgan fingerprint density at radius 3 is 2.62 bits per heavy atom. The van der Waals surface area contributed by atoms with Crippen LogP contribution in [-0.2, 0) is 0 Å². The van der Waals surface area contributed by atoms with E-state index in [0.29, 0.717) is 36.6 Å².